The lowest BCUT2D eigenvalue weighted by Crippen LogP contribution is -2.27. The van der Waals surface area contributed by atoms with Crippen molar-refractivity contribution in [3.63, 3.8) is 0 Å². The SMILES string of the molecule is CC(C)(C)OC(=O)n1ccc(OCCC(F)(F)F)n1.FC(F)(F)CCOc1ccn[nH]1. The first-order valence-corrected chi connectivity index (χ1v) is 8.82. The summed E-state index contributed by atoms with van der Waals surface area (Å²) in [6.07, 6.45) is -8.54. The number of carbonyl (C=O) groups is 1. The van der Waals surface area contributed by atoms with Gasteiger partial charge in [-0.3, -0.25) is 0 Å². The molecule has 0 aliphatic heterocycles. The summed E-state index contributed by atoms with van der Waals surface area (Å²) in [5, 5.41) is 9.56. The van der Waals surface area contributed by atoms with Crippen molar-refractivity contribution in [2.24, 2.45) is 0 Å². The van der Waals surface area contributed by atoms with Crippen molar-refractivity contribution in [3.8, 4) is 11.8 Å². The molecule has 8 nitrogen and oxygen atoms in total. The molecule has 2 aromatic rings. The zero-order valence-corrected chi connectivity index (χ0v) is 16.9. The molecule has 2 aromatic heterocycles. The highest BCUT2D eigenvalue weighted by molar-refractivity contribution is 5.69. The summed E-state index contributed by atoms with van der Waals surface area (Å²) >= 11 is 0. The fourth-order valence-electron chi connectivity index (χ4n) is 1.67. The minimum atomic E-state index is -4.28. The standard InChI is InChI=1S/C11H15F3N2O3.C6H7F3N2O/c1-10(2,3)19-9(17)16-6-4-8(15-16)18-7-5-11(12,13)14;7-6(8,9)2-4-12-5-1-3-10-11-5/h4,6H,5,7H2,1-3H3;1,3H,2,4H2,(H,10,11). The van der Waals surface area contributed by atoms with E-state index in [-0.39, 0.29) is 18.4 Å². The second-order valence-corrected chi connectivity index (χ2v) is 6.93. The Morgan fingerprint density at radius 2 is 1.58 bits per heavy atom. The van der Waals surface area contributed by atoms with Crippen molar-refractivity contribution in [2.75, 3.05) is 13.2 Å². The number of hydrogen-bond donors (Lipinski definition) is 1. The highest BCUT2D eigenvalue weighted by Gasteiger charge is 2.27. The molecule has 0 aromatic carbocycles. The van der Waals surface area contributed by atoms with Crippen molar-refractivity contribution in [2.45, 2.75) is 51.6 Å². The van der Waals surface area contributed by atoms with E-state index in [0.717, 1.165) is 4.68 Å². The number of aromatic amines is 1. The van der Waals surface area contributed by atoms with Crippen LogP contribution in [0.3, 0.4) is 0 Å². The quantitative estimate of drug-likeness (QED) is 0.627. The van der Waals surface area contributed by atoms with Gasteiger partial charge in [0.05, 0.1) is 32.3 Å². The maximum atomic E-state index is 11.9. The van der Waals surface area contributed by atoms with E-state index in [1.165, 1.54) is 24.5 Å². The first-order chi connectivity index (χ1) is 14.1. The van der Waals surface area contributed by atoms with Gasteiger partial charge in [0.25, 0.3) is 0 Å². The van der Waals surface area contributed by atoms with Gasteiger partial charge in [-0.05, 0) is 20.8 Å². The summed E-state index contributed by atoms with van der Waals surface area (Å²) in [5.41, 5.74) is -0.680. The normalized spacial score (nSPS) is 12.0. The van der Waals surface area contributed by atoms with Crippen molar-refractivity contribution in [3.05, 3.63) is 24.5 Å². The fraction of sp³-hybridized carbons (Fsp3) is 0.588. The second-order valence-electron chi connectivity index (χ2n) is 6.93. The van der Waals surface area contributed by atoms with Gasteiger partial charge in [-0.15, -0.1) is 5.10 Å². The molecule has 0 unspecified atom stereocenters. The van der Waals surface area contributed by atoms with E-state index in [9.17, 15) is 31.1 Å². The third kappa shape index (κ3) is 13.1. The molecule has 0 saturated heterocycles. The van der Waals surface area contributed by atoms with Crippen LogP contribution >= 0.6 is 0 Å². The molecule has 0 amide bonds. The zero-order chi connectivity index (χ0) is 23.7. The first kappa shape index (κ1) is 26.1. The predicted molar refractivity (Wildman–Crippen MR) is 94.8 cm³/mol. The van der Waals surface area contributed by atoms with Crippen LogP contribution in [0.2, 0.25) is 0 Å². The second kappa shape index (κ2) is 10.9. The summed E-state index contributed by atoms with van der Waals surface area (Å²) in [5.74, 6) is 0.189. The van der Waals surface area contributed by atoms with Crippen LogP contribution in [0.15, 0.2) is 24.5 Å². The minimum absolute atomic E-state index is 0.0601. The average molecular weight is 460 g/mol. The number of aromatic nitrogens is 4. The highest BCUT2D eigenvalue weighted by atomic mass is 19.4. The van der Waals surface area contributed by atoms with E-state index in [1.54, 1.807) is 20.8 Å². The minimum Gasteiger partial charge on any atom is -0.478 e. The van der Waals surface area contributed by atoms with Gasteiger partial charge in [0.1, 0.15) is 5.60 Å². The van der Waals surface area contributed by atoms with Crippen LogP contribution in [0.5, 0.6) is 11.8 Å². The lowest BCUT2D eigenvalue weighted by molar-refractivity contribution is -0.140. The summed E-state index contributed by atoms with van der Waals surface area (Å²) in [4.78, 5) is 11.5. The Morgan fingerprint density at radius 1 is 1.00 bits per heavy atom. The van der Waals surface area contributed by atoms with Gasteiger partial charge in [0.2, 0.25) is 11.8 Å². The molecule has 1 N–H and O–H groups in total. The largest absolute Gasteiger partial charge is 0.478 e. The number of rotatable bonds is 6. The summed E-state index contributed by atoms with van der Waals surface area (Å²) in [6.45, 7) is 4.14. The number of ether oxygens (including phenoxy) is 3. The van der Waals surface area contributed by atoms with Crippen molar-refractivity contribution < 1.29 is 45.3 Å². The van der Waals surface area contributed by atoms with Gasteiger partial charge in [-0.1, -0.05) is 0 Å². The molecule has 0 aliphatic carbocycles. The predicted octanol–water partition coefficient (Wildman–Crippen LogP) is 4.74. The Balaban J connectivity index is 0.000000343. The molecule has 14 heteroatoms. The number of carbonyl (C=O) groups excluding carboxylic acids is 1. The van der Waals surface area contributed by atoms with E-state index in [4.69, 9.17) is 9.47 Å². The van der Waals surface area contributed by atoms with Gasteiger partial charge in [-0.2, -0.15) is 36.1 Å². The Hall–Kier alpha value is -2.93. The van der Waals surface area contributed by atoms with Crippen molar-refractivity contribution >= 4 is 6.09 Å². The smallest absolute Gasteiger partial charge is 0.435 e. The first-order valence-electron chi connectivity index (χ1n) is 8.82. The Labute approximate surface area is 173 Å². The number of halogens is 6. The molecule has 0 atom stereocenters. The number of alkyl halides is 6. The molecule has 0 aliphatic rings. The van der Waals surface area contributed by atoms with E-state index in [2.05, 4.69) is 20.0 Å². The van der Waals surface area contributed by atoms with Crippen LogP contribution in [0.1, 0.15) is 33.6 Å². The molecular formula is C17H22F6N4O4. The molecule has 176 valence electrons. The van der Waals surface area contributed by atoms with E-state index < -0.39 is 43.5 Å². The number of H-pyrrole nitrogens is 1. The summed E-state index contributed by atoms with van der Waals surface area (Å²) in [7, 11) is 0. The lowest BCUT2D eigenvalue weighted by atomic mass is 10.2. The highest BCUT2D eigenvalue weighted by Crippen LogP contribution is 2.20. The lowest BCUT2D eigenvalue weighted by Gasteiger charge is -2.18. The number of nitrogens with zero attached hydrogens (tertiary/aromatic N) is 3. The van der Waals surface area contributed by atoms with Crippen LogP contribution in [-0.2, 0) is 4.74 Å². The Kier molecular flexibility index (Phi) is 9.19. The molecule has 2 heterocycles. The maximum absolute atomic E-state index is 11.9. The summed E-state index contributed by atoms with van der Waals surface area (Å²) in [6, 6.07) is 2.75. The van der Waals surface area contributed by atoms with Gasteiger partial charge in [-0.25, -0.2) is 9.89 Å². The molecule has 0 fully saturated rings. The van der Waals surface area contributed by atoms with Crippen LogP contribution in [-0.4, -0.2) is 57.2 Å². The van der Waals surface area contributed by atoms with E-state index in [1.807, 2.05) is 0 Å². The average Bonchev–Trinajstić information content (AvgIpc) is 3.23. The molecular weight excluding hydrogens is 438 g/mol. The van der Waals surface area contributed by atoms with Crippen molar-refractivity contribution in [1.82, 2.24) is 20.0 Å². The van der Waals surface area contributed by atoms with Gasteiger partial charge in [0, 0.05) is 18.3 Å². The van der Waals surface area contributed by atoms with E-state index in [0.29, 0.717) is 0 Å². The van der Waals surface area contributed by atoms with Gasteiger partial charge < -0.3 is 14.2 Å². The molecule has 0 bridgehead atoms. The number of nitrogens with one attached hydrogen (secondary N) is 1. The third-order valence-electron chi connectivity index (χ3n) is 2.90. The monoisotopic (exact) mass is 460 g/mol. The van der Waals surface area contributed by atoms with Crippen LogP contribution in [0.4, 0.5) is 31.1 Å². The third-order valence-corrected chi connectivity index (χ3v) is 2.90. The maximum Gasteiger partial charge on any atom is 0.435 e. The molecule has 0 saturated carbocycles. The molecule has 0 radical (unpaired) electrons. The zero-order valence-electron chi connectivity index (χ0n) is 16.9. The molecule has 31 heavy (non-hydrogen) atoms. The number of hydrogen-bond acceptors (Lipinski definition) is 6. The van der Waals surface area contributed by atoms with Gasteiger partial charge >= 0.3 is 18.4 Å². The van der Waals surface area contributed by atoms with E-state index >= 15 is 0 Å². The van der Waals surface area contributed by atoms with Crippen LogP contribution in [0.25, 0.3) is 0 Å². The Morgan fingerprint density at radius 3 is 2.06 bits per heavy atom. The van der Waals surface area contributed by atoms with Crippen LogP contribution < -0.4 is 9.47 Å². The summed E-state index contributed by atoms with van der Waals surface area (Å²) < 4.78 is 85.8. The van der Waals surface area contributed by atoms with Crippen LogP contribution in [0, 0.1) is 0 Å². The fourth-order valence-corrected chi connectivity index (χ4v) is 1.67. The van der Waals surface area contributed by atoms with Gasteiger partial charge in [0.15, 0.2) is 0 Å². The molecule has 0 spiro atoms. The Bertz CT molecular complexity index is 782. The topological polar surface area (TPSA) is 91.3 Å². The molecule has 2 rings (SSSR count). The van der Waals surface area contributed by atoms with Crippen molar-refractivity contribution in [1.29, 1.82) is 0 Å².